The molecule has 0 atom stereocenters. The van der Waals surface area contributed by atoms with Gasteiger partial charge < -0.3 is 9.30 Å². The van der Waals surface area contributed by atoms with E-state index in [0.29, 0.717) is 11.5 Å². The molecule has 0 aliphatic heterocycles. The molecule has 0 bridgehead atoms. The standard InChI is InChI=1S/C44H36N4O.Pt/c1-5-12-32-24-36(48-31(4)44(30(3)46-48)34-15-10-7-11-16-34)27-38(25-32)49-37-18-19-39-40-26-35(33-13-8-6-9-14-33)17-20-41(40)47(42(39)28-37)43-23-29(2)21-22-45-43;/h6-11,13-26H,5,12H2,1-4H3;/q-2;+2. The molecule has 248 valence electrons. The van der Waals surface area contributed by atoms with Crippen molar-refractivity contribution in [2.45, 2.75) is 40.5 Å². The molecule has 50 heavy (non-hydrogen) atoms. The van der Waals surface area contributed by atoms with Crippen molar-refractivity contribution >= 4 is 21.8 Å². The number of nitrogens with zero attached hydrogens (tertiary/aromatic N) is 4. The van der Waals surface area contributed by atoms with Crippen molar-refractivity contribution in [3.63, 3.8) is 0 Å². The number of benzene rings is 5. The summed E-state index contributed by atoms with van der Waals surface area (Å²) < 4.78 is 10.8. The van der Waals surface area contributed by atoms with Crippen molar-refractivity contribution in [1.29, 1.82) is 0 Å². The van der Waals surface area contributed by atoms with E-state index in [1.807, 2.05) is 35.1 Å². The maximum Gasteiger partial charge on any atom is 2.00 e. The van der Waals surface area contributed by atoms with Crippen molar-refractivity contribution in [2.75, 3.05) is 0 Å². The summed E-state index contributed by atoms with van der Waals surface area (Å²) in [7, 11) is 0. The Balaban J connectivity index is 0.00000392. The van der Waals surface area contributed by atoms with E-state index in [1.165, 1.54) is 16.7 Å². The van der Waals surface area contributed by atoms with E-state index in [0.717, 1.165) is 74.2 Å². The van der Waals surface area contributed by atoms with Crippen LogP contribution in [0.3, 0.4) is 0 Å². The average Bonchev–Trinajstić information content (AvgIpc) is 3.61. The fraction of sp³-hybridized carbons (Fsp3) is 0.136. The quantitative estimate of drug-likeness (QED) is 0.143. The molecule has 0 saturated carbocycles. The molecule has 0 aliphatic carbocycles. The second kappa shape index (κ2) is 13.9. The first-order valence-electron chi connectivity index (χ1n) is 16.8. The summed E-state index contributed by atoms with van der Waals surface area (Å²) in [6.07, 6.45) is 3.80. The summed E-state index contributed by atoms with van der Waals surface area (Å²) >= 11 is 0. The van der Waals surface area contributed by atoms with Gasteiger partial charge in [0.15, 0.2) is 0 Å². The summed E-state index contributed by atoms with van der Waals surface area (Å²) in [6, 6.07) is 47.2. The molecule has 8 rings (SSSR count). The molecule has 0 N–H and O–H groups in total. The van der Waals surface area contributed by atoms with Gasteiger partial charge in [-0.2, -0.15) is 16.7 Å². The Bertz CT molecular complexity index is 2460. The molecule has 0 radical (unpaired) electrons. The summed E-state index contributed by atoms with van der Waals surface area (Å²) in [4.78, 5) is 4.78. The van der Waals surface area contributed by atoms with Crippen LogP contribution in [0.4, 0.5) is 0 Å². The SMILES string of the molecule is CCCc1cc(Oc2[c-]c3c(cc2)c2cc(-c4ccccc4)ccc2n3-c2cc(C)ccn2)[c-]c(-n2nc(C)c(-c3ccccc3)c2C)c1.[Pt+2]. The van der Waals surface area contributed by atoms with E-state index >= 15 is 0 Å². The molecule has 0 amide bonds. The maximum atomic E-state index is 6.61. The predicted molar refractivity (Wildman–Crippen MR) is 199 cm³/mol. The fourth-order valence-corrected chi connectivity index (χ4v) is 6.88. The number of aryl methyl sites for hydroxylation is 3. The van der Waals surface area contributed by atoms with Crippen LogP contribution in [0.25, 0.3) is 55.6 Å². The molecular weight excluding hydrogens is 796 g/mol. The minimum atomic E-state index is 0. The topological polar surface area (TPSA) is 44.9 Å². The van der Waals surface area contributed by atoms with Crippen molar-refractivity contribution in [3.8, 4) is 45.3 Å². The first-order chi connectivity index (χ1) is 24.0. The van der Waals surface area contributed by atoms with Crippen molar-refractivity contribution < 1.29 is 25.8 Å². The van der Waals surface area contributed by atoms with E-state index in [2.05, 4.69) is 135 Å². The smallest absolute Gasteiger partial charge is 0.509 e. The predicted octanol–water partition coefficient (Wildman–Crippen LogP) is 11.0. The van der Waals surface area contributed by atoms with Crippen LogP contribution in [0.1, 0.15) is 35.9 Å². The summed E-state index contributed by atoms with van der Waals surface area (Å²) in [6.45, 7) is 8.46. The zero-order valence-electron chi connectivity index (χ0n) is 28.5. The van der Waals surface area contributed by atoms with E-state index in [1.54, 1.807) is 0 Å². The third-order valence-electron chi connectivity index (χ3n) is 9.12. The van der Waals surface area contributed by atoms with Gasteiger partial charge in [-0.1, -0.05) is 98.1 Å². The molecule has 5 aromatic carbocycles. The Hall–Kier alpha value is -5.25. The molecule has 5 nitrogen and oxygen atoms in total. The normalized spacial score (nSPS) is 11.2. The molecule has 8 aromatic rings. The summed E-state index contributed by atoms with van der Waals surface area (Å²) in [5.41, 5.74) is 11.8. The first kappa shape index (κ1) is 33.3. The monoisotopic (exact) mass is 831 g/mol. The van der Waals surface area contributed by atoms with Gasteiger partial charge in [0.2, 0.25) is 0 Å². The van der Waals surface area contributed by atoms with Gasteiger partial charge in [-0.05, 0) is 72.3 Å². The zero-order chi connectivity index (χ0) is 33.5. The molecule has 0 saturated heterocycles. The Morgan fingerprint density at radius 2 is 1.46 bits per heavy atom. The van der Waals surface area contributed by atoms with Crippen molar-refractivity contribution in [1.82, 2.24) is 19.3 Å². The van der Waals surface area contributed by atoms with E-state index < -0.39 is 0 Å². The number of fused-ring (bicyclic) bond motifs is 3. The Kier molecular flexibility index (Phi) is 9.27. The number of hydrogen-bond acceptors (Lipinski definition) is 3. The van der Waals surface area contributed by atoms with Crippen LogP contribution in [-0.4, -0.2) is 19.3 Å². The molecule has 3 heterocycles. The number of aromatic nitrogens is 4. The molecular formula is C44H36N4OPt. The van der Waals surface area contributed by atoms with Gasteiger partial charge in [0.25, 0.3) is 0 Å². The number of rotatable bonds is 8. The molecule has 3 aromatic heterocycles. The molecule has 0 unspecified atom stereocenters. The van der Waals surface area contributed by atoms with Crippen LogP contribution in [0.15, 0.2) is 121 Å². The van der Waals surface area contributed by atoms with Crippen LogP contribution in [-0.2, 0) is 27.5 Å². The number of hydrogen-bond donors (Lipinski definition) is 0. The molecule has 0 spiro atoms. The van der Waals surface area contributed by atoms with E-state index in [9.17, 15) is 0 Å². The van der Waals surface area contributed by atoms with Gasteiger partial charge in [-0.15, -0.1) is 35.7 Å². The second-order valence-corrected chi connectivity index (χ2v) is 12.6. The maximum absolute atomic E-state index is 6.61. The number of pyridine rings is 1. The van der Waals surface area contributed by atoms with Gasteiger partial charge >= 0.3 is 21.1 Å². The average molecular weight is 832 g/mol. The van der Waals surface area contributed by atoms with Crippen molar-refractivity contribution in [3.05, 3.63) is 156 Å². The van der Waals surface area contributed by atoms with Gasteiger partial charge in [0.1, 0.15) is 5.82 Å². The van der Waals surface area contributed by atoms with Gasteiger partial charge in [-0.25, -0.2) is 4.98 Å². The Labute approximate surface area is 307 Å². The van der Waals surface area contributed by atoms with Gasteiger partial charge in [-0.3, -0.25) is 4.68 Å². The summed E-state index contributed by atoms with van der Waals surface area (Å²) in [5.74, 6) is 2.09. The van der Waals surface area contributed by atoms with Crippen LogP contribution >= 0.6 is 0 Å². The largest absolute Gasteiger partial charge is 2.00 e. The van der Waals surface area contributed by atoms with E-state index in [-0.39, 0.29) is 21.1 Å². The first-order valence-corrected chi connectivity index (χ1v) is 16.8. The minimum absolute atomic E-state index is 0. The van der Waals surface area contributed by atoms with Crippen LogP contribution in [0.2, 0.25) is 0 Å². The Morgan fingerprint density at radius 1 is 0.700 bits per heavy atom. The fourth-order valence-electron chi connectivity index (χ4n) is 6.88. The number of ether oxygens (including phenoxy) is 1. The van der Waals surface area contributed by atoms with Gasteiger partial charge in [0.05, 0.1) is 5.69 Å². The third kappa shape index (κ3) is 6.19. The van der Waals surface area contributed by atoms with Gasteiger partial charge in [0, 0.05) is 34.5 Å². The Morgan fingerprint density at radius 3 is 2.20 bits per heavy atom. The van der Waals surface area contributed by atoms with Crippen LogP contribution in [0.5, 0.6) is 11.5 Å². The minimum Gasteiger partial charge on any atom is -0.509 e. The van der Waals surface area contributed by atoms with Crippen molar-refractivity contribution in [2.24, 2.45) is 0 Å². The molecule has 0 fully saturated rings. The second-order valence-electron chi connectivity index (χ2n) is 12.6. The zero-order valence-corrected chi connectivity index (χ0v) is 30.7. The van der Waals surface area contributed by atoms with Crippen LogP contribution in [0, 0.1) is 32.9 Å². The van der Waals surface area contributed by atoms with Crippen LogP contribution < -0.4 is 4.74 Å². The molecule has 0 aliphatic rings. The summed E-state index contributed by atoms with van der Waals surface area (Å²) in [5, 5.41) is 7.19. The van der Waals surface area contributed by atoms with E-state index in [4.69, 9.17) is 14.8 Å². The molecule has 6 heteroatoms. The third-order valence-corrected chi connectivity index (χ3v) is 9.12.